The first-order chi connectivity index (χ1) is 11.1. The van der Waals surface area contributed by atoms with Gasteiger partial charge in [-0.05, 0) is 31.5 Å². The minimum absolute atomic E-state index is 0.0398. The molecular formula is C15H20ClF3N3O2+. The first-order valence-corrected chi connectivity index (χ1v) is 7.71. The fourth-order valence-electron chi connectivity index (χ4n) is 1.95. The van der Waals surface area contributed by atoms with Crippen LogP contribution in [0.1, 0.15) is 12.5 Å². The molecule has 3 N–H and O–H groups in total. The molecule has 5 nitrogen and oxygen atoms in total. The number of carbonyl (C=O) groups is 2. The molecule has 0 saturated carbocycles. The Morgan fingerprint density at radius 3 is 2.42 bits per heavy atom. The highest BCUT2D eigenvalue weighted by Crippen LogP contribution is 2.19. The normalized spacial score (nSPS) is 12.6. The number of hydrogen-bond acceptors (Lipinski definition) is 2. The molecular weight excluding hydrogens is 347 g/mol. The van der Waals surface area contributed by atoms with Crippen molar-refractivity contribution in [2.24, 2.45) is 0 Å². The molecule has 1 aromatic rings. The third-order valence-electron chi connectivity index (χ3n) is 3.28. The predicted molar refractivity (Wildman–Crippen MR) is 85.1 cm³/mol. The molecule has 1 atom stereocenters. The molecule has 9 heteroatoms. The summed E-state index contributed by atoms with van der Waals surface area (Å²) in [6, 6.07) is 5.06. The van der Waals surface area contributed by atoms with Gasteiger partial charge < -0.3 is 15.5 Å². The van der Waals surface area contributed by atoms with Gasteiger partial charge >= 0.3 is 6.18 Å². The molecule has 0 aliphatic rings. The standard InChI is InChI=1S/C15H19ClF3N3O2/c1-3-22(7-13(23)20-9-15(17,18)19)8-14(24)21-12-6-11(16)5-4-10(12)2/h4-6H,3,7-9H2,1-2H3,(H,20,23)(H,21,24)/p+1. The summed E-state index contributed by atoms with van der Waals surface area (Å²) in [5.74, 6) is -1.10. The number of likely N-dealkylation sites (N-methyl/N-ethyl adjacent to an activating group) is 1. The number of nitrogens with one attached hydrogen (secondary N) is 3. The number of quaternary nitrogens is 1. The molecule has 1 rings (SSSR count). The van der Waals surface area contributed by atoms with Crippen molar-refractivity contribution >= 4 is 29.1 Å². The lowest BCUT2D eigenvalue weighted by Gasteiger charge is -2.17. The van der Waals surface area contributed by atoms with E-state index in [0.29, 0.717) is 22.2 Å². The number of alkyl halides is 3. The van der Waals surface area contributed by atoms with Crippen molar-refractivity contribution in [3.05, 3.63) is 28.8 Å². The Balaban J connectivity index is 2.53. The molecule has 134 valence electrons. The zero-order valence-electron chi connectivity index (χ0n) is 13.4. The number of carbonyl (C=O) groups excluding carboxylic acids is 2. The van der Waals surface area contributed by atoms with Crippen LogP contribution in [0.4, 0.5) is 18.9 Å². The van der Waals surface area contributed by atoms with Crippen LogP contribution in [0, 0.1) is 6.92 Å². The van der Waals surface area contributed by atoms with Gasteiger partial charge in [-0.3, -0.25) is 9.59 Å². The summed E-state index contributed by atoms with van der Waals surface area (Å²) in [6.07, 6.45) is -4.45. The molecule has 0 aliphatic heterocycles. The first kappa shape index (κ1) is 20.2. The first-order valence-electron chi connectivity index (χ1n) is 7.33. The molecule has 0 heterocycles. The van der Waals surface area contributed by atoms with E-state index in [1.54, 1.807) is 37.4 Å². The van der Waals surface area contributed by atoms with Crippen molar-refractivity contribution < 1.29 is 27.7 Å². The summed E-state index contributed by atoms with van der Waals surface area (Å²) in [4.78, 5) is 24.1. The largest absolute Gasteiger partial charge is 0.405 e. The Morgan fingerprint density at radius 1 is 1.21 bits per heavy atom. The summed E-state index contributed by atoms with van der Waals surface area (Å²) >= 11 is 5.87. The van der Waals surface area contributed by atoms with Gasteiger partial charge in [0.1, 0.15) is 6.54 Å². The predicted octanol–water partition coefficient (Wildman–Crippen LogP) is 1.17. The third kappa shape index (κ3) is 7.65. The Labute approximate surface area is 143 Å². The van der Waals surface area contributed by atoms with Gasteiger partial charge in [0.15, 0.2) is 13.1 Å². The average molecular weight is 367 g/mol. The van der Waals surface area contributed by atoms with Crippen LogP contribution in [0.2, 0.25) is 5.02 Å². The Bertz CT molecular complexity index is 594. The zero-order chi connectivity index (χ0) is 18.3. The second kappa shape index (κ2) is 8.89. The van der Waals surface area contributed by atoms with Gasteiger partial charge in [-0.15, -0.1) is 0 Å². The monoisotopic (exact) mass is 366 g/mol. The molecule has 1 unspecified atom stereocenters. The highest BCUT2D eigenvalue weighted by atomic mass is 35.5. The van der Waals surface area contributed by atoms with Crippen molar-refractivity contribution in [3.8, 4) is 0 Å². The SMILES string of the molecule is CC[NH+](CC(=O)NCC(F)(F)F)CC(=O)Nc1cc(Cl)ccc1C. The third-order valence-corrected chi connectivity index (χ3v) is 3.52. The van der Waals surface area contributed by atoms with Crippen LogP contribution < -0.4 is 15.5 Å². The second-order valence-electron chi connectivity index (χ2n) is 5.36. The minimum Gasteiger partial charge on any atom is -0.342 e. The number of aryl methyl sites for hydroxylation is 1. The van der Waals surface area contributed by atoms with Crippen molar-refractivity contribution in [1.29, 1.82) is 0 Å². The van der Waals surface area contributed by atoms with Gasteiger partial charge in [0.2, 0.25) is 0 Å². The Morgan fingerprint density at radius 2 is 1.83 bits per heavy atom. The summed E-state index contributed by atoms with van der Waals surface area (Å²) < 4.78 is 36.2. The van der Waals surface area contributed by atoms with Gasteiger partial charge in [-0.1, -0.05) is 17.7 Å². The fraction of sp³-hybridized carbons (Fsp3) is 0.467. The zero-order valence-corrected chi connectivity index (χ0v) is 14.1. The van der Waals surface area contributed by atoms with Gasteiger partial charge in [-0.2, -0.15) is 13.2 Å². The van der Waals surface area contributed by atoms with E-state index >= 15 is 0 Å². The molecule has 0 spiro atoms. The Kier molecular flexibility index (Phi) is 7.50. The van der Waals surface area contributed by atoms with Gasteiger partial charge in [-0.25, -0.2) is 0 Å². The van der Waals surface area contributed by atoms with Crippen LogP contribution in [0.3, 0.4) is 0 Å². The fourth-order valence-corrected chi connectivity index (χ4v) is 2.12. The molecule has 0 radical (unpaired) electrons. The lowest BCUT2D eigenvalue weighted by Crippen LogP contribution is -3.14. The van der Waals surface area contributed by atoms with Crippen molar-refractivity contribution in [1.82, 2.24) is 5.32 Å². The molecule has 0 aliphatic carbocycles. The smallest absolute Gasteiger partial charge is 0.342 e. The number of hydrogen-bond donors (Lipinski definition) is 3. The molecule has 0 saturated heterocycles. The number of anilines is 1. The number of rotatable bonds is 7. The number of halogens is 4. The molecule has 0 fully saturated rings. The van der Waals surface area contributed by atoms with E-state index in [4.69, 9.17) is 11.6 Å². The maximum absolute atomic E-state index is 12.1. The highest BCUT2D eigenvalue weighted by molar-refractivity contribution is 6.31. The molecule has 0 aromatic heterocycles. The minimum atomic E-state index is -4.45. The maximum atomic E-state index is 12.1. The van der Waals surface area contributed by atoms with Gasteiger partial charge in [0.05, 0.1) is 6.54 Å². The molecule has 24 heavy (non-hydrogen) atoms. The lowest BCUT2D eigenvalue weighted by molar-refractivity contribution is -0.881. The summed E-state index contributed by atoms with van der Waals surface area (Å²) in [7, 11) is 0. The Hall–Kier alpha value is -1.80. The van der Waals surface area contributed by atoms with E-state index < -0.39 is 18.6 Å². The van der Waals surface area contributed by atoms with Crippen LogP contribution >= 0.6 is 11.6 Å². The second-order valence-corrected chi connectivity index (χ2v) is 5.79. The van der Waals surface area contributed by atoms with Crippen LogP contribution in [0.15, 0.2) is 18.2 Å². The summed E-state index contributed by atoms with van der Waals surface area (Å²) in [5, 5.41) is 4.96. The van der Waals surface area contributed by atoms with Crippen LogP contribution in [-0.4, -0.2) is 44.2 Å². The average Bonchev–Trinajstić information content (AvgIpc) is 2.47. The molecule has 2 amide bonds. The van der Waals surface area contributed by atoms with Crippen molar-refractivity contribution in [2.45, 2.75) is 20.0 Å². The highest BCUT2D eigenvalue weighted by Gasteiger charge is 2.28. The summed E-state index contributed by atoms with van der Waals surface area (Å²) in [6.45, 7) is 2.33. The van der Waals surface area contributed by atoms with E-state index in [0.717, 1.165) is 5.56 Å². The lowest BCUT2D eigenvalue weighted by atomic mass is 10.2. The number of benzene rings is 1. The van der Waals surface area contributed by atoms with Crippen molar-refractivity contribution in [3.63, 3.8) is 0 Å². The van der Waals surface area contributed by atoms with E-state index in [2.05, 4.69) is 5.32 Å². The number of amides is 2. The topological polar surface area (TPSA) is 62.6 Å². The van der Waals surface area contributed by atoms with Crippen LogP contribution in [0.5, 0.6) is 0 Å². The quantitative estimate of drug-likeness (QED) is 0.678. The van der Waals surface area contributed by atoms with E-state index in [1.807, 2.05) is 0 Å². The molecule has 0 bridgehead atoms. The van der Waals surface area contributed by atoms with Gasteiger partial charge in [0, 0.05) is 10.7 Å². The van der Waals surface area contributed by atoms with E-state index in [9.17, 15) is 22.8 Å². The van der Waals surface area contributed by atoms with E-state index in [-0.39, 0.29) is 19.0 Å². The van der Waals surface area contributed by atoms with Crippen LogP contribution in [0.25, 0.3) is 0 Å². The van der Waals surface area contributed by atoms with Crippen LogP contribution in [-0.2, 0) is 9.59 Å². The summed E-state index contributed by atoms with van der Waals surface area (Å²) in [5.41, 5.74) is 1.39. The van der Waals surface area contributed by atoms with Crippen molar-refractivity contribution in [2.75, 3.05) is 31.5 Å². The maximum Gasteiger partial charge on any atom is 0.405 e. The van der Waals surface area contributed by atoms with Gasteiger partial charge in [0.25, 0.3) is 11.8 Å². The van der Waals surface area contributed by atoms with E-state index in [1.165, 1.54) is 0 Å². The molecule has 1 aromatic carbocycles.